The van der Waals surface area contributed by atoms with Crippen LogP contribution in [0.1, 0.15) is 22.3 Å². The molecule has 0 saturated carbocycles. The summed E-state index contributed by atoms with van der Waals surface area (Å²) >= 11 is 1.75. The smallest absolute Gasteiger partial charge is 0.172 e. The zero-order valence-corrected chi connectivity index (χ0v) is 23.3. The molecule has 5 aromatic rings. The fourth-order valence-corrected chi connectivity index (χ4v) is 6.31. The third-order valence-electron chi connectivity index (χ3n) is 7.52. The number of Topliss-reactive ketones (excluding diaryl/α,β-unsaturated/α-hetero) is 1. The fraction of sp³-hybridized carbons (Fsp3) is 0.229. The van der Waals surface area contributed by atoms with Crippen LogP contribution in [-0.2, 0) is 26.3 Å². The van der Waals surface area contributed by atoms with Gasteiger partial charge in [-0.25, -0.2) is 0 Å². The Labute approximate surface area is 239 Å². The second-order valence-corrected chi connectivity index (χ2v) is 11.3. The van der Waals surface area contributed by atoms with Gasteiger partial charge in [0.15, 0.2) is 5.78 Å². The monoisotopic (exact) mass is 547 g/mol. The quantitative estimate of drug-likeness (QED) is 0.128. The number of rotatable bonds is 12. The van der Waals surface area contributed by atoms with Crippen molar-refractivity contribution in [2.75, 3.05) is 32.8 Å². The van der Waals surface area contributed by atoms with Crippen LogP contribution < -0.4 is 0 Å². The number of carbonyl (C=O) groups excluding carboxylic acids is 1. The van der Waals surface area contributed by atoms with Crippen molar-refractivity contribution in [1.82, 2.24) is 4.90 Å². The lowest BCUT2D eigenvalue weighted by Gasteiger charge is -2.45. The van der Waals surface area contributed by atoms with E-state index in [-0.39, 0.29) is 18.5 Å². The molecule has 4 nitrogen and oxygen atoms in total. The van der Waals surface area contributed by atoms with Gasteiger partial charge in [0.2, 0.25) is 0 Å². The number of benzene rings is 4. The van der Waals surface area contributed by atoms with Crippen LogP contribution >= 0.6 is 11.3 Å². The standard InChI is InChI=1S/C35H33NO3S/c37-32(26-38-20-18-27-16-17-34-28(22-27)19-21-40-34)23-36-24-33(25-36)39-35(29-10-4-1-5-11-29,30-12-6-2-7-13-30)31-14-8-3-9-15-31/h1-17,19,21-22,33H,18,20,23-26H2. The van der Waals surface area contributed by atoms with Crippen molar-refractivity contribution in [2.45, 2.75) is 18.1 Å². The number of carbonyl (C=O) groups is 1. The Kier molecular flexibility index (Phi) is 8.17. The molecule has 0 atom stereocenters. The van der Waals surface area contributed by atoms with E-state index in [0.29, 0.717) is 26.2 Å². The molecule has 0 spiro atoms. The van der Waals surface area contributed by atoms with E-state index in [2.05, 4.69) is 107 Å². The average molecular weight is 548 g/mol. The average Bonchev–Trinajstić information content (AvgIpc) is 3.46. The van der Waals surface area contributed by atoms with Gasteiger partial charge in [-0.3, -0.25) is 9.69 Å². The third kappa shape index (κ3) is 5.79. The predicted octanol–water partition coefficient (Wildman–Crippen LogP) is 6.72. The minimum atomic E-state index is -0.736. The first kappa shape index (κ1) is 26.6. The largest absolute Gasteiger partial charge is 0.373 e. The Bertz CT molecular complexity index is 1430. The number of hydrogen-bond acceptors (Lipinski definition) is 5. The molecule has 0 unspecified atom stereocenters. The van der Waals surface area contributed by atoms with Gasteiger partial charge in [-0.1, -0.05) is 103 Å². The topological polar surface area (TPSA) is 38.8 Å². The number of hydrogen-bond donors (Lipinski definition) is 0. The van der Waals surface area contributed by atoms with Gasteiger partial charge in [0.1, 0.15) is 12.2 Å². The van der Waals surface area contributed by atoms with E-state index in [1.165, 1.54) is 15.6 Å². The zero-order chi connectivity index (χ0) is 27.2. The highest BCUT2D eigenvalue weighted by Crippen LogP contribution is 2.42. The van der Waals surface area contributed by atoms with E-state index in [1.54, 1.807) is 11.3 Å². The summed E-state index contributed by atoms with van der Waals surface area (Å²) in [5, 5.41) is 3.38. The molecule has 4 aromatic carbocycles. The van der Waals surface area contributed by atoms with E-state index in [9.17, 15) is 4.79 Å². The van der Waals surface area contributed by atoms with Crippen LogP contribution in [0.3, 0.4) is 0 Å². The van der Waals surface area contributed by atoms with Crippen LogP contribution in [-0.4, -0.2) is 49.6 Å². The molecule has 0 amide bonds. The summed E-state index contributed by atoms with van der Waals surface area (Å²) < 4.78 is 14.1. The first-order valence-electron chi connectivity index (χ1n) is 13.8. The van der Waals surface area contributed by atoms with Crippen molar-refractivity contribution in [3.63, 3.8) is 0 Å². The molecule has 1 aliphatic rings. The molecule has 202 valence electrons. The first-order valence-corrected chi connectivity index (χ1v) is 14.7. The number of fused-ring (bicyclic) bond motifs is 1. The van der Waals surface area contributed by atoms with Crippen molar-refractivity contribution in [1.29, 1.82) is 0 Å². The second kappa shape index (κ2) is 12.3. The minimum absolute atomic E-state index is 0.00126. The molecule has 1 fully saturated rings. The highest BCUT2D eigenvalue weighted by Gasteiger charge is 2.42. The molecule has 0 aliphatic carbocycles. The fourth-order valence-electron chi connectivity index (χ4n) is 5.54. The summed E-state index contributed by atoms with van der Waals surface area (Å²) in [6, 6.07) is 39.9. The number of ether oxygens (including phenoxy) is 2. The van der Waals surface area contributed by atoms with Gasteiger partial charge in [-0.15, -0.1) is 11.3 Å². The van der Waals surface area contributed by atoms with Crippen molar-refractivity contribution in [3.05, 3.63) is 143 Å². The van der Waals surface area contributed by atoms with Gasteiger partial charge >= 0.3 is 0 Å². The van der Waals surface area contributed by atoms with Crippen LogP contribution in [0.2, 0.25) is 0 Å². The highest BCUT2D eigenvalue weighted by atomic mass is 32.1. The third-order valence-corrected chi connectivity index (χ3v) is 8.42. The molecule has 0 radical (unpaired) electrons. The lowest BCUT2D eigenvalue weighted by atomic mass is 9.79. The summed E-state index contributed by atoms with van der Waals surface area (Å²) in [5.74, 6) is 0.104. The van der Waals surface area contributed by atoms with Gasteiger partial charge in [0.25, 0.3) is 0 Å². The molecule has 1 aromatic heterocycles. The van der Waals surface area contributed by atoms with Crippen molar-refractivity contribution in [2.24, 2.45) is 0 Å². The van der Waals surface area contributed by atoms with Crippen molar-refractivity contribution < 1.29 is 14.3 Å². The van der Waals surface area contributed by atoms with Gasteiger partial charge in [-0.05, 0) is 51.6 Å². The highest BCUT2D eigenvalue weighted by molar-refractivity contribution is 7.17. The second-order valence-electron chi connectivity index (χ2n) is 10.3. The Morgan fingerprint density at radius 1 is 0.800 bits per heavy atom. The van der Waals surface area contributed by atoms with Crippen molar-refractivity contribution >= 4 is 27.2 Å². The van der Waals surface area contributed by atoms with E-state index in [1.807, 2.05) is 18.2 Å². The Morgan fingerprint density at radius 2 is 1.40 bits per heavy atom. The summed E-state index contributed by atoms with van der Waals surface area (Å²) in [7, 11) is 0. The van der Waals surface area contributed by atoms with E-state index < -0.39 is 5.60 Å². The number of ketones is 1. The van der Waals surface area contributed by atoms with Crippen LogP contribution in [0, 0.1) is 0 Å². The summed E-state index contributed by atoms with van der Waals surface area (Å²) in [6.07, 6.45) is 0.806. The Morgan fingerprint density at radius 3 is 2.00 bits per heavy atom. The SMILES string of the molecule is O=C(COCCc1ccc2sccc2c1)CN1CC(OC(c2ccccc2)(c2ccccc2)c2ccccc2)C1. The van der Waals surface area contributed by atoms with Gasteiger partial charge < -0.3 is 9.47 Å². The van der Waals surface area contributed by atoms with E-state index in [4.69, 9.17) is 9.47 Å². The molecular weight excluding hydrogens is 514 g/mol. The molecule has 0 bridgehead atoms. The summed E-state index contributed by atoms with van der Waals surface area (Å²) in [6.45, 7) is 2.49. The van der Waals surface area contributed by atoms with Crippen LogP contribution in [0.25, 0.3) is 10.1 Å². The zero-order valence-electron chi connectivity index (χ0n) is 22.4. The predicted molar refractivity (Wildman–Crippen MR) is 162 cm³/mol. The van der Waals surface area contributed by atoms with Crippen molar-refractivity contribution in [3.8, 4) is 0 Å². The number of thiophene rings is 1. The number of likely N-dealkylation sites (tertiary alicyclic amines) is 1. The first-order chi connectivity index (χ1) is 19.7. The maximum absolute atomic E-state index is 12.6. The minimum Gasteiger partial charge on any atom is -0.373 e. The maximum atomic E-state index is 12.6. The van der Waals surface area contributed by atoms with Crippen LogP contribution in [0.5, 0.6) is 0 Å². The summed E-state index contributed by atoms with van der Waals surface area (Å²) in [4.78, 5) is 14.8. The van der Waals surface area contributed by atoms with Crippen LogP contribution in [0.4, 0.5) is 0 Å². The van der Waals surface area contributed by atoms with E-state index >= 15 is 0 Å². The summed E-state index contributed by atoms with van der Waals surface area (Å²) in [5.41, 5.74) is 3.77. The van der Waals surface area contributed by atoms with Gasteiger partial charge in [0.05, 0.1) is 19.3 Å². The lowest BCUT2D eigenvalue weighted by molar-refractivity contribution is -0.136. The van der Waals surface area contributed by atoms with Gasteiger partial charge in [0, 0.05) is 17.8 Å². The van der Waals surface area contributed by atoms with E-state index in [0.717, 1.165) is 23.1 Å². The molecule has 5 heteroatoms. The molecule has 1 aliphatic heterocycles. The lowest BCUT2D eigenvalue weighted by Crippen LogP contribution is -2.56. The van der Waals surface area contributed by atoms with Crippen LogP contribution in [0.15, 0.2) is 121 Å². The Balaban J connectivity index is 1.06. The maximum Gasteiger partial charge on any atom is 0.172 e. The van der Waals surface area contributed by atoms with Gasteiger partial charge in [-0.2, -0.15) is 0 Å². The molecule has 1 saturated heterocycles. The number of nitrogens with zero attached hydrogens (tertiary/aromatic N) is 1. The molecule has 2 heterocycles. The molecule has 0 N–H and O–H groups in total. The normalized spacial score (nSPS) is 14.3. The molecular formula is C35H33NO3S. The molecule has 40 heavy (non-hydrogen) atoms. The molecule has 6 rings (SSSR count). The Hall–Kier alpha value is -3.61.